The number of hydrogen-bond donors (Lipinski definition) is 0. The smallest absolute Gasteiger partial charge is 2.00 e. The Hall–Kier alpha value is 1.05. The molecule has 0 saturated carbocycles. The summed E-state index contributed by atoms with van der Waals surface area (Å²) < 4.78 is 0. The van der Waals surface area contributed by atoms with E-state index in [2.05, 4.69) is 0 Å². The van der Waals surface area contributed by atoms with Crippen LogP contribution in [0.3, 0.4) is 0 Å². The summed E-state index contributed by atoms with van der Waals surface area (Å²) in [6.07, 6.45) is 0. The maximum Gasteiger partial charge on any atom is 4.00 e. The van der Waals surface area contributed by atoms with Crippen LogP contribution in [0.4, 0.5) is 0 Å². The molecule has 0 saturated heterocycles. The molecule has 0 fully saturated rings. The Morgan fingerprint density at radius 3 is 0.600 bits per heavy atom. The van der Waals surface area contributed by atoms with E-state index in [1.165, 1.54) is 0 Å². The number of hydrogen-bond acceptors (Lipinski definition) is 0. The van der Waals surface area contributed by atoms with Gasteiger partial charge in [0.1, 0.15) is 0 Å². The van der Waals surface area contributed by atoms with Gasteiger partial charge >= 0.3 is 37.1 Å². The third-order valence-electron chi connectivity index (χ3n) is 0. The molecular weight excluding hydrogens is 186 g/mol. The van der Waals surface area contributed by atoms with Crippen molar-refractivity contribution in [2.75, 3.05) is 0 Å². The van der Waals surface area contributed by atoms with Crippen molar-refractivity contribution in [3.63, 3.8) is 0 Å². The van der Waals surface area contributed by atoms with Gasteiger partial charge in [0.25, 0.3) is 0 Å². The summed E-state index contributed by atoms with van der Waals surface area (Å²) in [5, 5.41) is 0. The average molecular weight is 186 g/mol. The van der Waals surface area contributed by atoms with Crippen molar-refractivity contribution in [2.45, 2.75) is 0 Å². The van der Waals surface area contributed by atoms with Gasteiger partial charge in [-0.3, -0.25) is 0 Å². The molecule has 5 heavy (non-hydrogen) atoms. The zero-order valence-corrected chi connectivity index (χ0v) is 7.50. The molecule has 0 atom stereocenters. The van der Waals surface area contributed by atoms with E-state index in [-0.39, 0.29) is 53.5 Å². The zero-order valence-electron chi connectivity index (χ0n) is 2.43. The molecule has 0 radical (unpaired) electrons. The second-order valence-electron chi connectivity index (χ2n) is 0. The fourth-order valence-electron chi connectivity index (χ4n) is 0. The first kappa shape index (κ1) is 141. The van der Waals surface area contributed by atoms with Crippen LogP contribution in [0.15, 0.2) is 0 Å². The van der Waals surface area contributed by atoms with Gasteiger partial charge in [-0.05, 0) is 0 Å². The van der Waals surface area contributed by atoms with Crippen molar-refractivity contribution in [2.24, 2.45) is 0 Å². The summed E-state index contributed by atoms with van der Waals surface area (Å²) >= 11 is 0. The molecular formula is GeO3Zn. The van der Waals surface area contributed by atoms with E-state index in [0.717, 1.165) is 0 Å². The molecule has 0 rings (SSSR count). The summed E-state index contributed by atoms with van der Waals surface area (Å²) in [4.78, 5) is 0. The zero-order chi connectivity index (χ0) is 0. The molecule has 0 aromatic heterocycles. The minimum Gasteiger partial charge on any atom is -2.00 e. The van der Waals surface area contributed by atoms with Crippen LogP contribution < -0.4 is 0 Å². The van der Waals surface area contributed by atoms with E-state index in [1.807, 2.05) is 0 Å². The normalized spacial score (nSPS) is 0. The molecule has 0 aromatic carbocycles. The second kappa shape index (κ2) is 75.5. The van der Waals surface area contributed by atoms with Gasteiger partial charge in [-0.15, -0.1) is 0 Å². The van der Waals surface area contributed by atoms with Crippen LogP contribution in [0.25, 0.3) is 0 Å². The van der Waals surface area contributed by atoms with Crippen LogP contribution in [-0.2, 0) is 35.9 Å². The molecule has 0 aliphatic rings. The van der Waals surface area contributed by atoms with Crippen molar-refractivity contribution in [3.05, 3.63) is 0 Å². The van der Waals surface area contributed by atoms with Gasteiger partial charge in [-0.2, -0.15) is 0 Å². The van der Waals surface area contributed by atoms with Gasteiger partial charge in [0, 0.05) is 0 Å². The van der Waals surface area contributed by atoms with Crippen molar-refractivity contribution in [3.8, 4) is 0 Å². The molecule has 0 amide bonds. The van der Waals surface area contributed by atoms with Crippen LogP contribution in [0.2, 0.25) is 0 Å². The van der Waals surface area contributed by atoms with E-state index in [0.29, 0.717) is 0 Å². The van der Waals surface area contributed by atoms with E-state index in [1.54, 1.807) is 0 Å². The predicted octanol–water partition coefficient (Wildman–Crippen LogP) is -0.740. The first-order valence-corrected chi connectivity index (χ1v) is 0. The summed E-state index contributed by atoms with van der Waals surface area (Å²) in [5.41, 5.74) is 0. The fraction of sp³-hybridized carbons (Fsp3) is 0. The Labute approximate surface area is 53.8 Å². The van der Waals surface area contributed by atoms with Crippen LogP contribution in [0.5, 0.6) is 0 Å². The van der Waals surface area contributed by atoms with Crippen molar-refractivity contribution in [1.82, 2.24) is 0 Å². The Bertz CT molecular complexity index is 6.85. The van der Waals surface area contributed by atoms with Gasteiger partial charge < -0.3 is 16.4 Å². The summed E-state index contributed by atoms with van der Waals surface area (Å²) in [7, 11) is 0. The van der Waals surface area contributed by atoms with Gasteiger partial charge in [0.2, 0.25) is 0 Å². The monoisotopic (exact) mass is 186 g/mol. The van der Waals surface area contributed by atoms with Crippen LogP contribution in [0.1, 0.15) is 0 Å². The largest absolute Gasteiger partial charge is 4.00 e. The molecule has 24 valence electrons. The molecule has 0 spiro atoms. The first-order valence-electron chi connectivity index (χ1n) is 0. The Morgan fingerprint density at radius 2 is 0.600 bits per heavy atom. The van der Waals surface area contributed by atoms with Crippen LogP contribution >= 0.6 is 0 Å². The van der Waals surface area contributed by atoms with Gasteiger partial charge in [-0.1, -0.05) is 0 Å². The van der Waals surface area contributed by atoms with Crippen molar-refractivity contribution < 1.29 is 35.9 Å². The molecule has 5 heteroatoms. The van der Waals surface area contributed by atoms with Gasteiger partial charge in [0.05, 0.1) is 0 Å². The molecule has 0 aromatic rings. The van der Waals surface area contributed by atoms with Gasteiger partial charge in [-0.25, -0.2) is 0 Å². The Kier molecular flexibility index (Phi) is 2120. The molecule has 0 bridgehead atoms. The maximum absolute atomic E-state index is 0. The van der Waals surface area contributed by atoms with E-state index >= 15 is 0 Å². The minimum absolute atomic E-state index is 0. The van der Waals surface area contributed by atoms with E-state index in [4.69, 9.17) is 0 Å². The quantitative estimate of drug-likeness (QED) is 0.446. The van der Waals surface area contributed by atoms with Crippen molar-refractivity contribution >= 4 is 17.6 Å². The standard InChI is InChI=1S/Ge.3O.Zn/q+4;3*-2;+2. The number of rotatable bonds is 0. The fourth-order valence-corrected chi connectivity index (χ4v) is 0. The molecule has 0 unspecified atom stereocenters. The first-order chi connectivity index (χ1) is 0. The molecule has 0 heterocycles. The minimum atomic E-state index is 0. The summed E-state index contributed by atoms with van der Waals surface area (Å²) in [6, 6.07) is 0. The Balaban J connectivity index is 0. The van der Waals surface area contributed by atoms with Gasteiger partial charge in [0.15, 0.2) is 0 Å². The van der Waals surface area contributed by atoms with E-state index in [9.17, 15) is 0 Å². The topological polar surface area (TPSA) is 85.5 Å². The van der Waals surface area contributed by atoms with Crippen LogP contribution in [-0.4, -0.2) is 17.6 Å². The molecule has 0 aliphatic heterocycles. The van der Waals surface area contributed by atoms with Crippen LogP contribution in [0, 0.1) is 0 Å². The third-order valence-corrected chi connectivity index (χ3v) is 0. The summed E-state index contributed by atoms with van der Waals surface area (Å²) in [6.45, 7) is 0. The third kappa shape index (κ3) is 42.8. The SMILES string of the molecule is [Ge+4].[O-2].[O-2].[O-2].[Zn+2]. The second-order valence-corrected chi connectivity index (χ2v) is 0. The summed E-state index contributed by atoms with van der Waals surface area (Å²) in [5.74, 6) is 0. The van der Waals surface area contributed by atoms with Crippen molar-refractivity contribution in [1.29, 1.82) is 0 Å². The molecule has 0 aliphatic carbocycles. The Morgan fingerprint density at radius 1 is 0.600 bits per heavy atom. The maximum atomic E-state index is 0. The molecule has 0 N–H and O–H groups in total. The average Bonchev–Trinajstić information content (AvgIpc) is 0. The molecule has 3 nitrogen and oxygen atoms in total. The predicted molar refractivity (Wildman–Crippen MR) is 7.81 cm³/mol. The van der Waals surface area contributed by atoms with E-state index < -0.39 is 0 Å².